The van der Waals surface area contributed by atoms with Gasteiger partial charge in [-0.2, -0.15) is 0 Å². The van der Waals surface area contributed by atoms with E-state index < -0.39 is 5.97 Å². The third-order valence-electron chi connectivity index (χ3n) is 2.01. The maximum atomic E-state index is 10.8. The summed E-state index contributed by atoms with van der Waals surface area (Å²) in [4.78, 5) is 11.7. The highest BCUT2D eigenvalue weighted by atomic mass is 79.9. The van der Waals surface area contributed by atoms with E-state index in [1.54, 1.807) is 13.0 Å². The van der Waals surface area contributed by atoms with Crippen molar-refractivity contribution in [3.63, 3.8) is 0 Å². The van der Waals surface area contributed by atoms with Crippen molar-refractivity contribution in [3.8, 4) is 10.6 Å². The highest BCUT2D eigenvalue weighted by Gasteiger charge is 2.12. The molecule has 0 spiro atoms. The van der Waals surface area contributed by atoms with Crippen LogP contribution in [0.4, 0.5) is 0 Å². The molecule has 16 heavy (non-hydrogen) atoms. The van der Waals surface area contributed by atoms with Crippen LogP contribution >= 0.6 is 27.3 Å². The molecular formula is C10H7BrN2O2S. The zero-order chi connectivity index (χ0) is 11.7. The summed E-state index contributed by atoms with van der Waals surface area (Å²) in [6.45, 7) is 1.71. The number of thiophene rings is 1. The number of carboxylic acids is 1. The molecule has 82 valence electrons. The van der Waals surface area contributed by atoms with Crippen LogP contribution in [-0.4, -0.2) is 21.3 Å². The molecule has 0 aliphatic carbocycles. The average Bonchev–Trinajstić information content (AvgIpc) is 2.64. The number of hydrogen-bond donors (Lipinski definition) is 1. The fourth-order valence-corrected chi connectivity index (χ4v) is 2.61. The van der Waals surface area contributed by atoms with Gasteiger partial charge in [0.1, 0.15) is 5.69 Å². The van der Waals surface area contributed by atoms with E-state index >= 15 is 0 Å². The lowest BCUT2D eigenvalue weighted by molar-refractivity contribution is 0.0688. The molecule has 0 bridgehead atoms. The van der Waals surface area contributed by atoms with Gasteiger partial charge in [0.15, 0.2) is 5.69 Å². The summed E-state index contributed by atoms with van der Waals surface area (Å²) in [5, 5.41) is 16.4. The van der Waals surface area contributed by atoms with Gasteiger partial charge in [0.25, 0.3) is 0 Å². The Morgan fingerprint density at radius 2 is 2.19 bits per heavy atom. The lowest BCUT2D eigenvalue weighted by atomic mass is 10.2. The van der Waals surface area contributed by atoms with Crippen molar-refractivity contribution in [2.75, 3.05) is 0 Å². The van der Waals surface area contributed by atoms with Crippen LogP contribution in [0.3, 0.4) is 0 Å². The van der Waals surface area contributed by atoms with Crippen molar-refractivity contribution in [2.24, 2.45) is 0 Å². The minimum atomic E-state index is -1.05. The molecule has 2 aromatic heterocycles. The topological polar surface area (TPSA) is 63.1 Å². The van der Waals surface area contributed by atoms with E-state index in [1.807, 2.05) is 12.1 Å². The maximum absolute atomic E-state index is 10.8. The SMILES string of the molecule is Cc1cc(-c2ccc(Br)s2)nnc1C(=O)O. The van der Waals surface area contributed by atoms with Gasteiger partial charge in [0.05, 0.1) is 8.66 Å². The van der Waals surface area contributed by atoms with Gasteiger partial charge >= 0.3 is 5.97 Å². The summed E-state index contributed by atoms with van der Waals surface area (Å²) < 4.78 is 1.00. The Balaban J connectivity index is 2.45. The molecule has 0 amide bonds. The minimum Gasteiger partial charge on any atom is -0.476 e. The number of rotatable bonds is 2. The molecule has 0 aliphatic rings. The molecule has 2 rings (SSSR count). The summed E-state index contributed by atoms with van der Waals surface area (Å²) in [6.07, 6.45) is 0. The average molecular weight is 299 g/mol. The van der Waals surface area contributed by atoms with Crippen LogP contribution in [-0.2, 0) is 0 Å². The molecule has 0 radical (unpaired) electrons. The number of hydrogen-bond acceptors (Lipinski definition) is 4. The van der Waals surface area contributed by atoms with Crippen LogP contribution in [0.2, 0.25) is 0 Å². The second kappa shape index (κ2) is 4.31. The third kappa shape index (κ3) is 2.12. The normalized spacial score (nSPS) is 10.4. The highest BCUT2D eigenvalue weighted by Crippen LogP contribution is 2.30. The first kappa shape index (κ1) is 11.2. The number of halogens is 1. The molecule has 1 N–H and O–H groups in total. The van der Waals surface area contributed by atoms with Crippen LogP contribution < -0.4 is 0 Å². The number of aryl methyl sites for hydroxylation is 1. The van der Waals surface area contributed by atoms with Crippen LogP contribution in [0.1, 0.15) is 16.1 Å². The largest absolute Gasteiger partial charge is 0.476 e. The molecular weight excluding hydrogens is 292 g/mol. The molecule has 2 heterocycles. The molecule has 2 aromatic rings. The Hall–Kier alpha value is -1.27. The molecule has 0 fully saturated rings. The van der Waals surface area contributed by atoms with Crippen molar-refractivity contribution in [2.45, 2.75) is 6.92 Å². The summed E-state index contributed by atoms with van der Waals surface area (Å²) in [7, 11) is 0. The Morgan fingerprint density at radius 3 is 2.69 bits per heavy atom. The first-order valence-corrected chi connectivity index (χ1v) is 6.02. The fourth-order valence-electron chi connectivity index (χ4n) is 1.27. The lowest BCUT2D eigenvalue weighted by Crippen LogP contribution is -2.05. The zero-order valence-corrected chi connectivity index (χ0v) is 10.7. The lowest BCUT2D eigenvalue weighted by Gasteiger charge is -2.00. The summed E-state index contributed by atoms with van der Waals surface area (Å²) >= 11 is 4.89. The monoisotopic (exact) mass is 298 g/mol. The van der Waals surface area contributed by atoms with Crippen molar-refractivity contribution in [3.05, 3.63) is 33.2 Å². The molecule has 0 atom stereocenters. The highest BCUT2D eigenvalue weighted by molar-refractivity contribution is 9.11. The van der Waals surface area contributed by atoms with Gasteiger partial charge in [-0.05, 0) is 46.6 Å². The fraction of sp³-hybridized carbons (Fsp3) is 0.100. The van der Waals surface area contributed by atoms with Crippen LogP contribution in [0.5, 0.6) is 0 Å². The second-order valence-electron chi connectivity index (χ2n) is 3.17. The van der Waals surface area contributed by atoms with Crippen molar-refractivity contribution in [1.29, 1.82) is 0 Å². The molecule has 0 unspecified atom stereocenters. The van der Waals surface area contributed by atoms with Gasteiger partial charge in [0.2, 0.25) is 0 Å². The Labute approximate surface area is 104 Å². The van der Waals surface area contributed by atoms with Crippen LogP contribution in [0, 0.1) is 6.92 Å². The Kier molecular flexibility index (Phi) is 3.02. The van der Waals surface area contributed by atoms with E-state index in [4.69, 9.17) is 5.11 Å². The Bertz CT molecular complexity index is 554. The standard InChI is InChI=1S/C10H7BrN2O2S/c1-5-4-6(7-2-3-8(11)16-7)12-13-9(5)10(14)15/h2-4H,1H3,(H,14,15). The third-order valence-corrected chi connectivity index (χ3v) is 3.66. The van der Waals surface area contributed by atoms with Gasteiger partial charge in [-0.25, -0.2) is 4.79 Å². The summed E-state index contributed by atoms with van der Waals surface area (Å²) in [6, 6.07) is 5.56. The predicted octanol–water partition coefficient (Wildman–Crippen LogP) is 2.97. The van der Waals surface area contributed by atoms with E-state index in [9.17, 15) is 4.79 Å². The van der Waals surface area contributed by atoms with E-state index in [0.717, 1.165) is 8.66 Å². The van der Waals surface area contributed by atoms with Crippen molar-refractivity contribution in [1.82, 2.24) is 10.2 Å². The van der Waals surface area contributed by atoms with Gasteiger partial charge in [-0.15, -0.1) is 21.5 Å². The number of aromatic carboxylic acids is 1. The van der Waals surface area contributed by atoms with Gasteiger partial charge < -0.3 is 5.11 Å². The molecule has 4 nitrogen and oxygen atoms in total. The molecule has 0 saturated heterocycles. The Morgan fingerprint density at radius 1 is 1.44 bits per heavy atom. The van der Waals surface area contributed by atoms with Gasteiger partial charge in [-0.3, -0.25) is 0 Å². The predicted molar refractivity (Wildman–Crippen MR) is 64.7 cm³/mol. The maximum Gasteiger partial charge on any atom is 0.356 e. The first-order valence-electron chi connectivity index (χ1n) is 4.41. The number of nitrogens with zero attached hydrogens (tertiary/aromatic N) is 2. The van der Waals surface area contributed by atoms with E-state index in [2.05, 4.69) is 26.1 Å². The first-order chi connectivity index (χ1) is 7.58. The minimum absolute atomic E-state index is 0.000582. The van der Waals surface area contributed by atoms with E-state index in [0.29, 0.717) is 11.3 Å². The van der Waals surface area contributed by atoms with Gasteiger partial charge in [0, 0.05) is 0 Å². The zero-order valence-electron chi connectivity index (χ0n) is 8.27. The second-order valence-corrected chi connectivity index (χ2v) is 5.63. The van der Waals surface area contributed by atoms with Crippen LogP contribution in [0.15, 0.2) is 22.0 Å². The smallest absolute Gasteiger partial charge is 0.356 e. The van der Waals surface area contributed by atoms with Gasteiger partial charge in [-0.1, -0.05) is 0 Å². The molecule has 6 heteroatoms. The number of carbonyl (C=O) groups is 1. The summed E-state index contributed by atoms with van der Waals surface area (Å²) in [5.74, 6) is -1.05. The van der Waals surface area contributed by atoms with E-state index in [-0.39, 0.29) is 5.69 Å². The van der Waals surface area contributed by atoms with E-state index in [1.165, 1.54) is 11.3 Å². The number of carboxylic acid groups (broad SMARTS) is 1. The van der Waals surface area contributed by atoms with Crippen molar-refractivity contribution < 1.29 is 9.90 Å². The van der Waals surface area contributed by atoms with Crippen LogP contribution in [0.25, 0.3) is 10.6 Å². The molecule has 0 aliphatic heterocycles. The molecule has 0 saturated carbocycles. The summed E-state index contributed by atoms with van der Waals surface area (Å²) in [5.41, 5.74) is 1.31. The number of aromatic nitrogens is 2. The quantitative estimate of drug-likeness (QED) is 0.926. The van der Waals surface area contributed by atoms with Crippen molar-refractivity contribution >= 4 is 33.2 Å². The molecule has 0 aromatic carbocycles.